The molecule has 0 aromatic heterocycles. The minimum absolute atomic E-state index is 0.461. The molecule has 1 aliphatic carbocycles. The molecule has 3 heteroatoms. The number of nitrogens with zero attached hydrogens (tertiary/aromatic N) is 2. The highest BCUT2D eigenvalue weighted by atomic mass is 15.2. The van der Waals surface area contributed by atoms with Gasteiger partial charge in [0.05, 0.1) is 0 Å². The summed E-state index contributed by atoms with van der Waals surface area (Å²) in [7, 11) is 6.57. The number of likely N-dealkylation sites (N-methyl/N-ethyl adjacent to an activating group) is 2. The van der Waals surface area contributed by atoms with Crippen molar-refractivity contribution in [3.8, 4) is 0 Å². The fourth-order valence-electron chi connectivity index (χ4n) is 3.32. The molecule has 19 heavy (non-hydrogen) atoms. The van der Waals surface area contributed by atoms with Crippen LogP contribution in [0.4, 0.5) is 0 Å². The van der Waals surface area contributed by atoms with E-state index in [4.69, 9.17) is 0 Å². The second-order valence-corrected chi connectivity index (χ2v) is 7.28. The summed E-state index contributed by atoms with van der Waals surface area (Å²) < 4.78 is 0. The van der Waals surface area contributed by atoms with Crippen molar-refractivity contribution in [3.63, 3.8) is 0 Å². The van der Waals surface area contributed by atoms with Gasteiger partial charge in [-0.15, -0.1) is 0 Å². The summed E-state index contributed by atoms with van der Waals surface area (Å²) in [5.74, 6) is 0.814. The van der Waals surface area contributed by atoms with Crippen molar-refractivity contribution >= 4 is 0 Å². The zero-order valence-electron chi connectivity index (χ0n) is 14.0. The minimum Gasteiger partial charge on any atom is -0.313 e. The molecule has 1 aliphatic rings. The summed E-state index contributed by atoms with van der Waals surface area (Å²) in [5.41, 5.74) is 0.461. The molecule has 2 unspecified atom stereocenters. The van der Waals surface area contributed by atoms with E-state index in [-0.39, 0.29) is 0 Å². The van der Waals surface area contributed by atoms with Crippen molar-refractivity contribution < 1.29 is 0 Å². The molecule has 2 atom stereocenters. The monoisotopic (exact) mass is 269 g/mol. The molecule has 114 valence electrons. The van der Waals surface area contributed by atoms with E-state index in [0.717, 1.165) is 19.0 Å². The molecule has 0 aliphatic heterocycles. The molecule has 1 rings (SSSR count). The van der Waals surface area contributed by atoms with E-state index in [2.05, 4.69) is 57.0 Å². The van der Waals surface area contributed by atoms with Gasteiger partial charge in [-0.3, -0.25) is 0 Å². The first-order valence-corrected chi connectivity index (χ1v) is 7.93. The Balaban J connectivity index is 2.46. The molecule has 0 aromatic carbocycles. The molecule has 0 spiro atoms. The van der Waals surface area contributed by atoms with Crippen molar-refractivity contribution in [3.05, 3.63) is 0 Å². The van der Waals surface area contributed by atoms with Crippen molar-refractivity contribution in [2.24, 2.45) is 11.3 Å². The zero-order chi connectivity index (χ0) is 14.5. The molecule has 0 bridgehead atoms. The lowest BCUT2D eigenvalue weighted by atomic mass is 9.84. The summed E-state index contributed by atoms with van der Waals surface area (Å²) in [4.78, 5) is 4.77. The van der Waals surface area contributed by atoms with E-state index < -0.39 is 0 Å². The smallest absolute Gasteiger partial charge is 0.0159 e. The highest BCUT2D eigenvalue weighted by Crippen LogP contribution is 2.41. The first-order chi connectivity index (χ1) is 8.86. The van der Waals surface area contributed by atoms with Crippen molar-refractivity contribution in [1.82, 2.24) is 15.1 Å². The Hall–Kier alpha value is -0.120. The van der Waals surface area contributed by atoms with Crippen LogP contribution in [-0.2, 0) is 0 Å². The van der Waals surface area contributed by atoms with E-state index in [9.17, 15) is 0 Å². The Labute approximate surface area is 120 Å². The van der Waals surface area contributed by atoms with E-state index in [1.807, 2.05) is 0 Å². The third-order valence-corrected chi connectivity index (χ3v) is 4.56. The Bertz CT molecular complexity index is 250. The van der Waals surface area contributed by atoms with Gasteiger partial charge in [0, 0.05) is 25.7 Å². The zero-order valence-corrected chi connectivity index (χ0v) is 14.0. The van der Waals surface area contributed by atoms with Crippen LogP contribution in [-0.4, -0.2) is 63.2 Å². The van der Waals surface area contributed by atoms with Crippen molar-refractivity contribution in [2.75, 3.05) is 47.3 Å². The van der Waals surface area contributed by atoms with Crippen LogP contribution in [0.3, 0.4) is 0 Å². The predicted molar refractivity (Wildman–Crippen MR) is 84.6 cm³/mol. The molecule has 0 radical (unpaired) electrons. The summed E-state index contributed by atoms with van der Waals surface area (Å²) in [6.45, 7) is 11.8. The summed E-state index contributed by atoms with van der Waals surface area (Å²) in [5, 5.41) is 3.80. The Morgan fingerprint density at radius 2 is 1.84 bits per heavy atom. The lowest BCUT2D eigenvalue weighted by Gasteiger charge is -2.33. The van der Waals surface area contributed by atoms with E-state index >= 15 is 0 Å². The maximum atomic E-state index is 3.80. The third kappa shape index (κ3) is 5.41. The van der Waals surface area contributed by atoms with Crippen LogP contribution in [0.5, 0.6) is 0 Å². The topological polar surface area (TPSA) is 18.5 Å². The Morgan fingerprint density at radius 3 is 2.42 bits per heavy atom. The quantitative estimate of drug-likeness (QED) is 0.729. The van der Waals surface area contributed by atoms with Gasteiger partial charge in [0.15, 0.2) is 0 Å². The number of nitrogens with one attached hydrogen (secondary N) is 1. The van der Waals surface area contributed by atoms with Gasteiger partial charge in [-0.05, 0) is 58.3 Å². The van der Waals surface area contributed by atoms with E-state index in [0.29, 0.717) is 11.5 Å². The maximum absolute atomic E-state index is 3.80. The molecule has 0 amide bonds. The SMILES string of the molecule is CCCNC1C(CN(C)CCN(C)C)CCC1(C)C. The normalized spacial score (nSPS) is 26.5. The van der Waals surface area contributed by atoms with E-state index in [1.54, 1.807) is 0 Å². The molecule has 1 saturated carbocycles. The van der Waals surface area contributed by atoms with Crippen LogP contribution in [0.25, 0.3) is 0 Å². The van der Waals surface area contributed by atoms with Crippen LogP contribution < -0.4 is 5.32 Å². The van der Waals surface area contributed by atoms with Crippen LogP contribution >= 0.6 is 0 Å². The fourth-order valence-corrected chi connectivity index (χ4v) is 3.32. The lowest BCUT2D eigenvalue weighted by molar-refractivity contribution is 0.195. The van der Waals surface area contributed by atoms with Crippen LogP contribution in [0, 0.1) is 11.3 Å². The van der Waals surface area contributed by atoms with Gasteiger partial charge in [0.1, 0.15) is 0 Å². The molecule has 0 heterocycles. The highest BCUT2D eigenvalue weighted by Gasteiger charge is 2.41. The predicted octanol–water partition coefficient (Wildman–Crippen LogP) is 2.28. The fraction of sp³-hybridized carbons (Fsp3) is 1.00. The summed E-state index contributed by atoms with van der Waals surface area (Å²) >= 11 is 0. The number of rotatable bonds is 8. The van der Waals surface area contributed by atoms with E-state index in [1.165, 1.54) is 32.4 Å². The van der Waals surface area contributed by atoms with Gasteiger partial charge in [-0.25, -0.2) is 0 Å². The van der Waals surface area contributed by atoms with Gasteiger partial charge in [0.2, 0.25) is 0 Å². The maximum Gasteiger partial charge on any atom is 0.0159 e. The van der Waals surface area contributed by atoms with Gasteiger partial charge in [-0.2, -0.15) is 0 Å². The standard InChI is InChI=1S/C16H35N3/c1-7-10-17-15-14(8-9-16(15,2)3)13-19(6)12-11-18(4)5/h14-15,17H,7-13H2,1-6H3. The van der Waals surface area contributed by atoms with Crippen LogP contribution in [0.2, 0.25) is 0 Å². The lowest BCUT2D eigenvalue weighted by Crippen LogP contribution is -2.46. The summed E-state index contributed by atoms with van der Waals surface area (Å²) in [6.07, 6.45) is 3.97. The third-order valence-electron chi connectivity index (χ3n) is 4.56. The Morgan fingerprint density at radius 1 is 1.16 bits per heavy atom. The minimum atomic E-state index is 0.461. The molecular weight excluding hydrogens is 234 g/mol. The average molecular weight is 269 g/mol. The van der Waals surface area contributed by atoms with Crippen LogP contribution in [0.1, 0.15) is 40.0 Å². The van der Waals surface area contributed by atoms with Gasteiger partial charge in [-0.1, -0.05) is 20.8 Å². The summed E-state index contributed by atoms with van der Waals surface area (Å²) in [6, 6.07) is 0.689. The first kappa shape index (κ1) is 16.9. The van der Waals surface area contributed by atoms with Crippen molar-refractivity contribution in [1.29, 1.82) is 0 Å². The molecular formula is C16H35N3. The molecule has 1 fully saturated rings. The Kier molecular flexibility index (Phi) is 6.78. The first-order valence-electron chi connectivity index (χ1n) is 7.93. The second kappa shape index (κ2) is 7.61. The molecule has 0 aromatic rings. The van der Waals surface area contributed by atoms with Gasteiger partial charge < -0.3 is 15.1 Å². The highest BCUT2D eigenvalue weighted by molar-refractivity contribution is 4.96. The largest absolute Gasteiger partial charge is 0.313 e. The van der Waals surface area contributed by atoms with Gasteiger partial charge >= 0.3 is 0 Å². The number of hydrogen-bond donors (Lipinski definition) is 1. The second-order valence-electron chi connectivity index (χ2n) is 7.28. The molecule has 3 nitrogen and oxygen atoms in total. The number of hydrogen-bond acceptors (Lipinski definition) is 3. The molecule has 0 saturated heterocycles. The van der Waals surface area contributed by atoms with Gasteiger partial charge in [0.25, 0.3) is 0 Å². The van der Waals surface area contributed by atoms with Crippen molar-refractivity contribution in [2.45, 2.75) is 46.1 Å². The average Bonchev–Trinajstić information content (AvgIpc) is 2.59. The van der Waals surface area contributed by atoms with Crippen LogP contribution in [0.15, 0.2) is 0 Å². The molecule has 1 N–H and O–H groups in total.